The van der Waals surface area contributed by atoms with Crippen LogP contribution in [-0.2, 0) is 25.9 Å². The average molecular weight is 430 g/mol. The molecule has 1 amide bonds. The number of nitrogens with one attached hydrogen (secondary N) is 1. The Morgan fingerprint density at radius 1 is 1.06 bits per heavy atom. The number of benzene rings is 1. The lowest BCUT2D eigenvalue weighted by molar-refractivity contribution is 0.0936. The van der Waals surface area contributed by atoms with Crippen LogP contribution in [0.1, 0.15) is 58.6 Å². The van der Waals surface area contributed by atoms with Gasteiger partial charge in [-0.25, -0.2) is 0 Å². The number of amides is 1. The third-order valence-electron chi connectivity index (χ3n) is 6.82. The molecule has 6 heteroatoms. The SMILES string of the molecule is O=C(NCCCc1ccccc1)c1nn(Cc2ccncc2)c2c1CN(C1CCC1)CC2. The summed E-state index contributed by atoms with van der Waals surface area (Å²) in [6.45, 7) is 3.22. The number of fused-ring (bicyclic) bond motifs is 1. The topological polar surface area (TPSA) is 63.1 Å². The van der Waals surface area contributed by atoms with Gasteiger partial charge in [0.15, 0.2) is 5.69 Å². The lowest BCUT2D eigenvalue weighted by Gasteiger charge is -2.39. The molecule has 32 heavy (non-hydrogen) atoms. The van der Waals surface area contributed by atoms with Crippen molar-refractivity contribution in [2.24, 2.45) is 0 Å². The van der Waals surface area contributed by atoms with Gasteiger partial charge in [0.25, 0.3) is 5.91 Å². The minimum absolute atomic E-state index is 0.0433. The first kappa shape index (κ1) is 20.9. The van der Waals surface area contributed by atoms with E-state index < -0.39 is 0 Å². The minimum Gasteiger partial charge on any atom is -0.351 e. The van der Waals surface area contributed by atoms with Gasteiger partial charge >= 0.3 is 0 Å². The fourth-order valence-electron chi connectivity index (χ4n) is 4.77. The van der Waals surface area contributed by atoms with Crippen LogP contribution in [0.2, 0.25) is 0 Å². The maximum absolute atomic E-state index is 13.1. The summed E-state index contributed by atoms with van der Waals surface area (Å²) < 4.78 is 2.04. The summed E-state index contributed by atoms with van der Waals surface area (Å²) in [6.07, 6.45) is 10.3. The van der Waals surface area contributed by atoms with E-state index in [1.54, 1.807) is 0 Å². The maximum Gasteiger partial charge on any atom is 0.272 e. The quantitative estimate of drug-likeness (QED) is 0.556. The van der Waals surface area contributed by atoms with Crippen molar-refractivity contribution in [3.05, 3.63) is 82.9 Å². The van der Waals surface area contributed by atoms with Crippen LogP contribution in [0.25, 0.3) is 0 Å². The van der Waals surface area contributed by atoms with Crippen molar-refractivity contribution in [2.45, 2.75) is 57.7 Å². The zero-order valence-electron chi connectivity index (χ0n) is 18.5. The molecule has 1 saturated carbocycles. The molecule has 1 fully saturated rings. The van der Waals surface area contributed by atoms with Crippen molar-refractivity contribution in [2.75, 3.05) is 13.1 Å². The van der Waals surface area contributed by atoms with Crippen LogP contribution < -0.4 is 5.32 Å². The van der Waals surface area contributed by atoms with E-state index in [2.05, 4.69) is 39.5 Å². The molecule has 1 aliphatic carbocycles. The molecule has 5 rings (SSSR count). The first-order chi connectivity index (χ1) is 15.8. The molecule has 166 valence electrons. The molecule has 0 spiro atoms. The maximum atomic E-state index is 13.1. The van der Waals surface area contributed by atoms with Crippen LogP contribution in [0.15, 0.2) is 54.9 Å². The summed E-state index contributed by atoms with van der Waals surface area (Å²) in [6, 6.07) is 15.1. The van der Waals surface area contributed by atoms with Gasteiger partial charge in [0, 0.05) is 55.7 Å². The first-order valence-corrected chi connectivity index (χ1v) is 11.8. The average Bonchev–Trinajstić information content (AvgIpc) is 3.15. The van der Waals surface area contributed by atoms with E-state index in [9.17, 15) is 4.79 Å². The summed E-state index contributed by atoms with van der Waals surface area (Å²) in [5.74, 6) is -0.0433. The molecule has 2 aromatic heterocycles. The van der Waals surface area contributed by atoms with Gasteiger partial charge in [0.05, 0.1) is 6.54 Å². The molecule has 2 aliphatic rings. The van der Waals surface area contributed by atoms with Crippen LogP contribution >= 0.6 is 0 Å². The molecular formula is C26H31N5O. The highest BCUT2D eigenvalue weighted by atomic mass is 16.1. The third-order valence-corrected chi connectivity index (χ3v) is 6.82. The fraction of sp³-hybridized carbons (Fsp3) is 0.423. The second kappa shape index (κ2) is 9.65. The van der Waals surface area contributed by atoms with Crippen LogP contribution in [0, 0.1) is 0 Å². The second-order valence-electron chi connectivity index (χ2n) is 8.94. The Morgan fingerprint density at radius 3 is 2.62 bits per heavy atom. The van der Waals surface area contributed by atoms with Crippen LogP contribution in [0.5, 0.6) is 0 Å². The Morgan fingerprint density at radius 2 is 1.88 bits per heavy atom. The summed E-state index contributed by atoms with van der Waals surface area (Å²) in [7, 11) is 0. The van der Waals surface area contributed by atoms with Gasteiger partial charge in [-0.05, 0) is 48.9 Å². The van der Waals surface area contributed by atoms with Crippen LogP contribution in [0.4, 0.5) is 0 Å². The molecule has 6 nitrogen and oxygen atoms in total. The van der Waals surface area contributed by atoms with Crippen molar-refractivity contribution in [1.82, 2.24) is 25.0 Å². The van der Waals surface area contributed by atoms with E-state index in [0.717, 1.165) is 43.5 Å². The molecule has 1 N–H and O–H groups in total. The first-order valence-electron chi connectivity index (χ1n) is 11.8. The largest absolute Gasteiger partial charge is 0.351 e. The standard InChI is InChI=1S/C26H31N5O/c32-26(28-14-5-8-20-6-2-1-3-7-20)25-23-19-30(22-9-4-10-22)17-13-24(23)31(29-25)18-21-11-15-27-16-12-21/h1-3,6-7,11-12,15-16,22H,4-5,8-10,13-14,17-19H2,(H,28,32). The number of rotatable bonds is 8. The number of pyridine rings is 1. The zero-order valence-corrected chi connectivity index (χ0v) is 18.5. The number of nitrogens with zero attached hydrogens (tertiary/aromatic N) is 4. The molecule has 1 aromatic carbocycles. The van der Waals surface area contributed by atoms with E-state index in [0.29, 0.717) is 24.8 Å². The molecule has 0 radical (unpaired) electrons. The number of carbonyl (C=O) groups excluding carboxylic acids is 1. The highest BCUT2D eigenvalue weighted by Crippen LogP contribution is 2.31. The molecule has 0 unspecified atom stereocenters. The number of aryl methyl sites for hydroxylation is 1. The van der Waals surface area contributed by atoms with Gasteiger partial charge in [-0.1, -0.05) is 36.8 Å². The van der Waals surface area contributed by atoms with Crippen molar-refractivity contribution in [1.29, 1.82) is 0 Å². The highest BCUT2D eigenvalue weighted by molar-refractivity contribution is 5.94. The van der Waals surface area contributed by atoms with E-state index in [1.165, 1.54) is 30.5 Å². The van der Waals surface area contributed by atoms with Gasteiger partial charge in [0.1, 0.15) is 0 Å². The van der Waals surface area contributed by atoms with E-state index in [-0.39, 0.29) is 5.91 Å². The van der Waals surface area contributed by atoms with Crippen molar-refractivity contribution < 1.29 is 4.79 Å². The number of hydrogen-bond acceptors (Lipinski definition) is 4. The number of carbonyl (C=O) groups is 1. The summed E-state index contributed by atoms with van der Waals surface area (Å²) in [4.78, 5) is 19.8. The van der Waals surface area contributed by atoms with Crippen LogP contribution in [-0.4, -0.2) is 44.7 Å². The van der Waals surface area contributed by atoms with E-state index in [4.69, 9.17) is 5.10 Å². The predicted molar refractivity (Wildman–Crippen MR) is 124 cm³/mol. The highest BCUT2D eigenvalue weighted by Gasteiger charge is 2.33. The third kappa shape index (κ3) is 4.60. The monoisotopic (exact) mass is 429 g/mol. The van der Waals surface area contributed by atoms with Gasteiger partial charge in [0.2, 0.25) is 0 Å². The molecule has 0 saturated heterocycles. The van der Waals surface area contributed by atoms with Crippen molar-refractivity contribution in [3.8, 4) is 0 Å². The molecule has 1 aliphatic heterocycles. The zero-order chi connectivity index (χ0) is 21.8. The number of hydrogen-bond donors (Lipinski definition) is 1. The Kier molecular flexibility index (Phi) is 6.30. The van der Waals surface area contributed by atoms with Gasteiger partial charge in [-0.3, -0.25) is 19.4 Å². The van der Waals surface area contributed by atoms with Crippen molar-refractivity contribution >= 4 is 5.91 Å². The Hall–Kier alpha value is -2.99. The minimum atomic E-state index is -0.0433. The van der Waals surface area contributed by atoms with Gasteiger partial charge in [-0.2, -0.15) is 5.10 Å². The molecule has 0 atom stereocenters. The number of aromatic nitrogens is 3. The smallest absolute Gasteiger partial charge is 0.272 e. The Balaban J connectivity index is 1.30. The Labute approximate surface area is 189 Å². The molecule has 3 heterocycles. The van der Waals surface area contributed by atoms with Gasteiger partial charge in [-0.15, -0.1) is 0 Å². The summed E-state index contributed by atoms with van der Waals surface area (Å²) in [5, 5.41) is 7.94. The molecule has 3 aromatic rings. The molecular weight excluding hydrogens is 398 g/mol. The normalized spacial score (nSPS) is 16.4. The van der Waals surface area contributed by atoms with Crippen LogP contribution in [0.3, 0.4) is 0 Å². The fourth-order valence-corrected chi connectivity index (χ4v) is 4.77. The Bertz CT molecular complexity index is 1040. The van der Waals surface area contributed by atoms with Crippen molar-refractivity contribution in [3.63, 3.8) is 0 Å². The van der Waals surface area contributed by atoms with E-state index in [1.807, 2.05) is 35.3 Å². The van der Waals surface area contributed by atoms with E-state index >= 15 is 0 Å². The van der Waals surface area contributed by atoms with Gasteiger partial charge < -0.3 is 5.32 Å². The summed E-state index contributed by atoms with van der Waals surface area (Å²) in [5.41, 5.74) is 5.40. The summed E-state index contributed by atoms with van der Waals surface area (Å²) >= 11 is 0. The lowest BCUT2D eigenvalue weighted by atomic mass is 9.89. The second-order valence-corrected chi connectivity index (χ2v) is 8.94. The predicted octanol–water partition coefficient (Wildman–Crippen LogP) is 3.60. The molecule has 0 bridgehead atoms. The lowest BCUT2D eigenvalue weighted by Crippen LogP contribution is -2.43.